The Kier molecular flexibility index (Phi) is 4.29. The van der Waals surface area contributed by atoms with Crippen molar-refractivity contribution in [2.75, 3.05) is 13.1 Å². The minimum absolute atomic E-state index is 0.0894. The monoisotopic (exact) mass is 377 g/mol. The fraction of sp³-hybridized carbons (Fsp3) is 0.348. The SMILES string of the molecule is O[C@@H]1[C@@H](n2ccnc2)c2ccccc2C12CCN(Cc1cccc(F)c1)CC2. The van der Waals surface area contributed by atoms with Crippen molar-refractivity contribution < 1.29 is 9.50 Å². The van der Waals surface area contributed by atoms with E-state index < -0.39 is 6.10 Å². The van der Waals surface area contributed by atoms with E-state index in [0.717, 1.165) is 38.0 Å². The molecule has 0 amide bonds. The Bertz CT molecular complexity index is 963. The lowest BCUT2D eigenvalue weighted by Crippen LogP contribution is -2.48. The van der Waals surface area contributed by atoms with Crippen molar-refractivity contribution in [3.05, 3.63) is 89.8 Å². The number of aliphatic hydroxyl groups is 1. The van der Waals surface area contributed by atoms with Gasteiger partial charge in [0.25, 0.3) is 0 Å². The molecule has 1 N–H and O–H groups in total. The molecule has 4 nitrogen and oxygen atoms in total. The van der Waals surface area contributed by atoms with Gasteiger partial charge in [0, 0.05) is 24.4 Å². The smallest absolute Gasteiger partial charge is 0.123 e. The Hall–Kier alpha value is -2.50. The van der Waals surface area contributed by atoms with Crippen LogP contribution >= 0.6 is 0 Å². The summed E-state index contributed by atoms with van der Waals surface area (Å²) in [4.78, 5) is 6.55. The first-order chi connectivity index (χ1) is 13.7. The molecule has 144 valence electrons. The van der Waals surface area contributed by atoms with Gasteiger partial charge in [-0.1, -0.05) is 36.4 Å². The number of aliphatic hydroxyl groups excluding tert-OH is 1. The topological polar surface area (TPSA) is 41.3 Å². The van der Waals surface area contributed by atoms with Crippen LogP contribution in [0.15, 0.2) is 67.3 Å². The molecule has 5 heteroatoms. The van der Waals surface area contributed by atoms with Crippen LogP contribution in [0.5, 0.6) is 0 Å². The number of nitrogens with zero attached hydrogens (tertiary/aromatic N) is 3. The second-order valence-corrected chi connectivity index (χ2v) is 8.05. The van der Waals surface area contributed by atoms with Crippen molar-refractivity contribution in [3.8, 4) is 0 Å². The number of aromatic nitrogens is 2. The molecular weight excluding hydrogens is 353 g/mol. The maximum Gasteiger partial charge on any atom is 0.123 e. The van der Waals surface area contributed by atoms with Gasteiger partial charge in [-0.15, -0.1) is 0 Å². The third-order valence-corrected chi connectivity index (χ3v) is 6.57. The highest BCUT2D eigenvalue weighted by Gasteiger charge is 2.52. The quantitative estimate of drug-likeness (QED) is 0.759. The molecule has 1 aliphatic carbocycles. The highest BCUT2D eigenvalue weighted by molar-refractivity contribution is 5.46. The number of hydrogen-bond donors (Lipinski definition) is 1. The van der Waals surface area contributed by atoms with Crippen molar-refractivity contribution in [1.82, 2.24) is 14.5 Å². The Balaban J connectivity index is 1.40. The number of halogens is 1. The lowest BCUT2D eigenvalue weighted by Gasteiger charge is -2.43. The summed E-state index contributed by atoms with van der Waals surface area (Å²) >= 11 is 0. The van der Waals surface area contributed by atoms with E-state index in [0.29, 0.717) is 0 Å². The maximum absolute atomic E-state index is 13.5. The number of fused-ring (bicyclic) bond motifs is 2. The number of imidazole rings is 1. The summed E-state index contributed by atoms with van der Waals surface area (Å²) in [5.74, 6) is -0.186. The lowest BCUT2D eigenvalue weighted by molar-refractivity contribution is 0.0205. The van der Waals surface area contributed by atoms with Crippen LogP contribution in [0, 0.1) is 5.82 Å². The van der Waals surface area contributed by atoms with Crippen LogP contribution in [-0.2, 0) is 12.0 Å². The van der Waals surface area contributed by atoms with E-state index in [2.05, 4.69) is 28.1 Å². The summed E-state index contributed by atoms with van der Waals surface area (Å²) in [6, 6.07) is 15.2. The molecule has 2 atom stereocenters. The van der Waals surface area contributed by atoms with Crippen LogP contribution in [0.4, 0.5) is 4.39 Å². The summed E-state index contributed by atoms with van der Waals surface area (Å²) in [5.41, 5.74) is 3.24. The fourth-order valence-corrected chi connectivity index (χ4v) is 5.17. The predicted octanol–water partition coefficient (Wildman–Crippen LogP) is 3.52. The average Bonchev–Trinajstić information content (AvgIpc) is 3.30. The van der Waals surface area contributed by atoms with Crippen molar-refractivity contribution in [2.45, 2.75) is 36.9 Å². The average molecular weight is 377 g/mol. The van der Waals surface area contributed by atoms with Crippen LogP contribution in [0.25, 0.3) is 0 Å². The van der Waals surface area contributed by atoms with Crippen LogP contribution < -0.4 is 0 Å². The van der Waals surface area contributed by atoms with E-state index in [9.17, 15) is 9.50 Å². The number of rotatable bonds is 3. The zero-order chi connectivity index (χ0) is 19.1. The van der Waals surface area contributed by atoms with Gasteiger partial charge >= 0.3 is 0 Å². The zero-order valence-electron chi connectivity index (χ0n) is 15.7. The lowest BCUT2D eigenvalue weighted by atomic mass is 9.72. The van der Waals surface area contributed by atoms with E-state index in [1.165, 1.54) is 17.2 Å². The second-order valence-electron chi connectivity index (χ2n) is 8.05. The predicted molar refractivity (Wildman–Crippen MR) is 105 cm³/mol. The molecule has 3 aromatic rings. The first-order valence-corrected chi connectivity index (χ1v) is 9.89. The number of benzene rings is 2. The van der Waals surface area contributed by atoms with E-state index in [4.69, 9.17) is 0 Å². The molecule has 0 unspecified atom stereocenters. The standard InChI is InChI=1S/C23H24FN3O/c24-18-5-3-4-17(14-18)15-26-11-8-23(9-12-26)20-7-2-1-6-19(20)21(22(23)28)27-13-10-25-16-27/h1-7,10,13-14,16,21-22,28H,8-9,11-12,15H2/t21-,22+/m0/s1. The number of piperidine rings is 1. The Morgan fingerprint density at radius 1 is 1.11 bits per heavy atom. The van der Waals surface area contributed by atoms with E-state index in [1.807, 2.05) is 22.9 Å². The number of likely N-dealkylation sites (tertiary alicyclic amines) is 1. The zero-order valence-corrected chi connectivity index (χ0v) is 15.7. The molecule has 0 saturated carbocycles. The van der Waals surface area contributed by atoms with Crippen molar-refractivity contribution in [1.29, 1.82) is 0 Å². The molecule has 2 aliphatic rings. The summed E-state index contributed by atoms with van der Waals surface area (Å²) in [6.07, 6.45) is 6.81. The highest BCUT2D eigenvalue weighted by atomic mass is 19.1. The largest absolute Gasteiger partial charge is 0.390 e. The van der Waals surface area contributed by atoms with Gasteiger partial charge in [-0.3, -0.25) is 4.90 Å². The van der Waals surface area contributed by atoms with Gasteiger partial charge in [0.1, 0.15) is 5.82 Å². The van der Waals surface area contributed by atoms with Gasteiger partial charge < -0.3 is 9.67 Å². The molecule has 0 radical (unpaired) electrons. The molecule has 28 heavy (non-hydrogen) atoms. The molecule has 2 aromatic carbocycles. The molecule has 1 aromatic heterocycles. The van der Waals surface area contributed by atoms with Gasteiger partial charge in [-0.2, -0.15) is 0 Å². The minimum Gasteiger partial charge on any atom is -0.390 e. The Labute approximate surface area is 164 Å². The minimum atomic E-state index is -0.476. The van der Waals surface area contributed by atoms with Crippen molar-refractivity contribution >= 4 is 0 Å². The Morgan fingerprint density at radius 2 is 1.93 bits per heavy atom. The van der Waals surface area contributed by atoms with Crippen LogP contribution in [0.1, 0.15) is 35.6 Å². The van der Waals surface area contributed by atoms with Crippen molar-refractivity contribution in [2.24, 2.45) is 0 Å². The Morgan fingerprint density at radius 3 is 2.68 bits per heavy atom. The first kappa shape index (κ1) is 17.6. The molecule has 0 bridgehead atoms. The molecule has 1 fully saturated rings. The molecule has 1 spiro atoms. The van der Waals surface area contributed by atoms with Gasteiger partial charge in [-0.05, 0) is 54.8 Å². The number of hydrogen-bond acceptors (Lipinski definition) is 3. The summed E-state index contributed by atoms with van der Waals surface area (Å²) in [7, 11) is 0. The summed E-state index contributed by atoms with van der Waals surface area (Å²) < 4.78 is 15.5. The molecular formula is C23H24FN3O. The van der Waals surface area contributed by atoms with E-state index >= 15 is 0 Å². The summed E-state index contributed by atoms with van der Waals surface area (Å²) in [6.45, 7) is 2.52. The molecule has 1 saturated heterocycles. The highest BCUT2D eigenvalue weighted by Crippen LogP contribution is 2.52. The molecule has 2 heterocycles. The third kappa shape index (κ3) is 2.77. The van der Waals surface area contributed by atoms with E-state index in [1.54, 1.807) is 24.7 Å². The van der Waals surface area contributed by atoms with Crippen LogP contribution in [0.3, 0.4) is 0 Å². The van der Waals surface area contributed by atoms with Gasteiger partial charge in [0.15, 0.2) is 0 Å². The second kappa shape index (κ2) is 6.83. The normalized spacial score (nSPS) is 23.8. The van der Waals surface area contributed by atoms with Crippen LogP contribution in [-0.4, -0.2) is 38.8 Å². The molecule has 1 aliphatic heterocycles. The van der Waals surface area contributed by atoms with Gasteiger partial charge in [0.2, 0.25) is 0 Å². The third-order valence-electron chi connectivity index (χ3n) is 6.57. The fourth-order valence-electron chi connectivity index (χ4n) is 5.17. The summed E-state index contributed by atoms with van der Waals surface area (Å²) in [5, 5.41) is 11.5. The maximum atomic E-state index is 13.5. The van der Waals surface area contributed by atoms with Crippen LogP contribution in [0.2, 0.25) is 0 Å². The van der Waals surface area contributed by atoms with E-state index in [-0.39, 0.29) is 17.3 Å². The first-order valence-electron chi connectivity index (χ1n) is 9.89. The molecule has 5 rings (SSSR count). The van der Waals surface area contributed by atoms with Gasteiger partial charge in [-0.25, -0.2) is 9.37 Å². The van der Waals surface area contributed by atoms with Crippen molar-refractivity contribution in [3.63, 3.8) is 0 Å². The van der Waals surface area contributed by atoms with Gasteiger partial charge in [0.05, 0.1) is 18.5 Å².